The minimum atomic E-state index is -0.114. The van der Waals surface area contributed by atoms with Crippen LogP contribution in [-0.2, 0) is 4.79 Å². The molecule has 1 fully saturated rings. The zero-order valence-electron chi connectivity index (χ0n) is 11.0. The second-order valence-electron chi connectivity index (χ2n) is 4.76. The Labute approximate surface area is 127 Å². The summed E-state index contributed by atoms with van der Waals surface area (Å²) in [6, 6.07) is 1.67. The number of halogens is 2. The van der Waals surface area contributed by atoms with Gasteiger partial charge in [-0.05, 0) is 18.9 Å². The van der Waals surface area contributed by atoms with Crippen LogP contribution in [0.15, 0.2) is 12.3 Å². The van der Waals surface area contributed by atoms with Gasteiger partial charge in [-0.2, -0.15) is 0 Å². The predicted molar refractivity (Wildman–Crippen MR) is 77.0 cm³/mol. The maximum Gasteiger partial charge on any atom is 0.255 e. The molecule has 0 bridgehead atoms. The third-order valence-electron chi connectivity index (χ3n) is 3.23. The van der Waals surface area contributed by atoms with E-state index in [1.54, 1.807) is 4.90 Å². The van der Waals surface area contributed by atoms with Gasteiger partial charge >= 0.3 is 0 Å². The number of piperidine rings is 1. The standard InChI is InChI=1S/C13H15Cl2N3O2/c1-8(19)17-10-2-4-18(5-3-10)13(20)9-6-11(14)12(15)16-7-9/h6-7,10H,2-5H2,1H3,(H,17,19). The lowest BCUT2D eigenvalue weighted by Crippen LogP contribution is -2.46. The fourth-order valence-electron chi connectivity index (χ4n) is 2.24. The fourth-order valence-corrected chi connectivity index (χ4v) is 2.50. The third-order valence-corrected chi connectivity index (χ3v) is 3.92. The largest absolute Gasteiger partial charge is 0.353 e. The van der Waals surface area contributed by atoms with Gasteiger partial charge < -0.3 is 10.2 Å². The summed E-state index contributed by atoms with van der Waals surface area (Å²) in [6.45, 7) is 2.70. The first-order valence-electron chi connectivity index (χ1n) is 6.35. The van der Waals surface area contributed by atoms with E-state index >= 15 is 0 Å². The molecule has 0 aromatic carbocycles. The molecule has 0 unspecified atom stereocenters. The molecule has 0 spiro atoms. The molecule has 1 saturated heterocycles. The van der Waals surface area contributed by atoms with Gasteiger partial charge in [0.1, 0.15) is 5.15 Å². The smallest absolute Gasteiger partial charge is 0.255 e. The number of hydrogen-bond acceptors (Lipinski definition) is 3. The summed E-state index contributed by atoms with van der Waals surface area (Å²) in [5, 5.41) is 3.33. The van der Waals surface area contributed by atoms with E-state index in [1.807, 2.05) is 0 Å². The summed E-state index contributed by atoms with van der Waals surface area (Å²) in [7, 11) is 0. The summed E-state index contributed by atoms with van der Waals surface area (Å²) < 4.78 is 0. The van der Waals surface area contributed by atoms with Gasteiger partial charge in [0.2, 0.25) is 5.91 Å². The number of rotatable bonds is 2. The molecule has 0 aliphatic carbocycles. The number of nitrogens with zero attached hydrogens (tertiary/aromatic N) is 2. The lowest BCUT2D eigenvalue weighted by atomic mass is 10.0. The topological polar surface area (TPSA) is 62.3 Å². The molecule has 7 heteroatoms. The van der Waals surface area contributed by atoms with Crippen LogP contribution in [0.3, 0.4) is 0 Å². The van der Waals surface area contributed by atoms with Crippen molar-refractivity contribution in [1.82, 2.24) is 15.2 Å². The quantitative estimate of drug-likeness (QED) is 0.850. The van der Waals surface area contributed by atoms with Crippen molar-refractivity contribution >= 4 is 35.0 Å². The van der Waals surface area contributed by atoms with Crippen molar-refractivity contribution < 1.29 is 9.59 Å². The Hall–Kier alpha value is -1.33. The van der Waals surface area contributed by atoms with Crippen molar-refractivity contribution in [1.29, 1.82) is 0 Å². The van der Waals surface area contributed by atoms with E-state index in [4.69, 9.17) is 23.2 Å². The first-order valence-corrected chi connectivity index (χ1v) is 7.10. The number of likely N-dealkylation sites (tertiary alicyclic amines) is 1. The van der Waals surface area contributed by atoms with Gasteiger partial charge in [0.05, 0.1) is 10.6 Å². The van der Waals surface area contributed by atoms with Crippen LogP contribution in [-0.4, -0.2) is 40.8 Å². The van der Waals surface area contributed by atoms with Crippen molar-refractivity contribution in [3.05, 3.63) is 28.0 Å². The average molecular weight is 316 g/mol. The summed E-state index contributed by atoms with van der Waals surface area (Å²) in [4.78, 5) is 28.9. The molecule has 2 amide bonds. The minimum Gasteiger partial charge on any atom is -0.353 e. The fraction of sp³-hybridized carbons (Fsp3) is 0.462. The molecule has 0 radical (unpaired) electrons. The number of hydrogen-bond donors (Lipinski definition) is 1. The molecule has 1 aliphatic heterocycles. The molecule has 5 nitrogen and oxygen atoms in total. The van der Waals surface area contributed by atoms with Gasteiger partial charge in [-0.25, -0.2) is 4.98 Å². The first kappa shape index (κ1) is 15.1. The van der Waals surface area contributed by atoms with Gasteiger partial charge in [-0.3, -0.25) is 9.59 Å². The van der Waals surface area contributed by atoms with Crippen molar-refractivity contribution in [2.75, 3.05) is 13.1 Å². The SMILES string of the molecule is CC(=O)NC1CCN(C(=O)c2cnc(Cl)c(Cl)c2)CC1. The molecule has 0 saturated carbocycles. The Morgan fingerprint density at radius 1 is 1.35 bits per heavy atom. The average Bonchev–Trinajstić information content (AvgIpc) is 2.41. The summed E-state index contributed by atoms with van der Waals surface area (Å²) in [5.41, 5.74) is 0.428. The summed E-state index contributed by atoms with van der Waals surface area (Å²) in [5.74, 6) is -0.152. The van der Waals surface area contributed by atoms with E-state index in [0.717, 1.165) is 12.8 Å². The minimum absolute atomic E-state index is 0.0385. The van der Waals surface area contributed by atoms with Crippen LogP contribution in [0.1, 0.15) is 30.1 Å². The molecule has 108 valence electrons. The number of pyridine rings is 1. The van der Waals surface area contributed by atoms with Gasteiger partial charge in [0.25, 0.3) is 5.91 Å². The number of aromatic nitrogens is 1. The zero-order chi connectivity index (χ0) is 14.7. The summed E-state index contributed by atoms with van der Waals surface area (Å²) >= 11 is 11.6. The highest BCUT2D eigenvalue weighted by molar-refractivity contribution is 6.41. The molecule has 0 atom stereocenters. The maximum absolute atomic E-state index is 12.3. The molecule has 1 aliphatic rings. The van der Waals surface area contributed by atoms with Gasteiger partial charge in [-0.1, -0.05) is 23.2 Å². The number of amides is 2. The predicted octanol–water partition coefficient (Wildman–Crippen LogP) is 2.13. The normalized spacial score (nSPS) is 16.1. The highest BCUT2D eigenvalue weighted by atomic mass is 35.5. The molecule has 20 heavy (non-hydrogen) atoms. The highest BCUT2D eigenvalue weighted by Crippen LogP contribution is 2.21. The van der Waals surface area contributed by atoms with E-state index in [1.165, 1.54) is 19.2 Å². The van der Waals surface area contributed by atoms with Gasteiger partial charge in [-0.15, -0.1) is 0 Å². The van der Waals surface area contributed by atoms with Crippen LogP contribution in [0, 0.1) is 0 Å². The lowest BCUT2D eigenvalue weighted by Gasteiger charge is -2.32. The number of carbonyl (C=O) groups is 2. The van der Waals surface area contributed by atoms with Crippen LogP contribution < -0.4 is 5.32 Å². The van der Waals surface area contributed by atoms with Gasteiger partial charge in [0, 0.05) is 32.3 Å². The lowest BCUT2D eigenvalue weighted by molar-refractivity contribution is -0.119. The second-order valence-corrected chi connectivity index (χ2v) is 5.53. The number of carbonyl (C=O) groups excluding carboxylic acids is 2. The van der Waals surface area contributed by atoms with Crippen LogP contribution in [0.2, 0.25) is 10.2 Å². The van der Waals surface area contributed by atoms with Gasteiger partial charge in [0.15, 0.2) is 0 Å². The second kappa shape index (κ2) is 6.41. The Bertz CT molecular complexity index is 528. The number of nitrogens with one attached hydrogen (secondary N) is 1. The van der Waals surface area contributed by atoms with E-state index in [-0.39, 0.29) is 28.0 Å². The maximum atomic E-state index is 12.3. The van der Waals surface area contributed by atoms with Crippen molar-refractivity contribution in [2.45, 2.75) is 25.8 Å². The third kappa shape index (κ3) is 3.61. The Morgan fingerprint density at radius 3 is 2.55 bits per heavy atom. The molecular formula is C13H15Cl2N3O2. The van der Waals surface area contributed by atoms with E-state index in [0.29, 0.717) is 18.7 Å². The monoisotopic (exact) mass is 315 g/mol. The zero-order valence-corrected chi connectivity index (χ0v) is 12.5. The van der Waals surface area contributed by atoms with Crippen molar-refractivity contribution in [2.24, 2.45) is 0 Å². The van der Waals surface area contributed by atoms with E-state index < -0.39 is 0 Å². The summed E-state index contributed by atoms with van der Waals surface area (Å²) in [6.07, 6.45) is 2.93. The molecule has 1 aromatic rings. The van der Waals surface area contributed by atoms with E-state index in [2.05, 4.69) is 10.3 Å². The molecule has 2 rings (SSSR count). The molecule has 1 aromatic heterocycles. The molecular weight excluding hydrogens is 301 g/mol. The van der Waals surface area contributed by atoms with Crippen LogP contribution in [0.4, 0.5) is 0 Å². The van der Waals surface area contributed by atoms with Crippen LogP contribution in [0.25, 0.3) is 0 Å². The van der Waals surface area contributed by atoms with Crippen molar-refractivity contribution in [3.8, 4) is 0 Å². The first-order chi connectivity index (χ1) is 9.47. The highest BCUT2D eigenvalue weighted by Gasteiger charge is 2.24. The van der Waals surface area contributed by atoms with E-state index in [9.17, 15) is 9.59 Å². The van der Waals surface area contributed by atoms with Crippen LogP contribution >= 0.6 is 23.2 Å². The molecule has 2 heterocycles. The van der Waals surface area contributed by atoms with Crippen LogP contribution in [0.5, 0.6) is 0 Å². The Morgan fingerprint density at radius 2 is 2.00 bits per heavy atom. The van der Waals surface area contributed by atoms with Crippen molar-refractivity contribution in [3.63, 3.8) is 0 Å². The molecule has 1 N–H and O–H groups in total. The Balaban J connectivity index is 1.97. The Kier molecular flexibility index (Phi) is 4.83.